The van der Waals surface area contributed by atoms with Crippen LogP contribution in [-0.2, 0) is 6.54 Å². The number of hydrogen-bond donors (Lipinski definition) is 2. The summed E-state index contributed by atoms with van der Waals surface area (Å²) in [7, 11) is 1.52. The smallest absolute Gasteiger partial charge is 0.168 e. The molecule has 0 bridgehead atoms. The van der Waals surface area contributed by atoms with E-state index in [-0.39, 0.29) is 11.6 Å². The summed E-state index contributed by atoms with van der Waals surface area (Å²) in [6, 6.07) is 0.786. The quantitative estimate of drug-likeness (QED) is 0.892. The van der Waals surface area contributed by atoms with E-state index in [0.717, 1.165) is 17.3 Å². The number of nitrogens with zero attached hydrogens (tertiary/aromatic N) is 2. The molecule has 0 saturated heterocycles. The van der Waals surface area contributed by atoms with Crippen LogP contribution >= 0.6 is 0 Å². The average molecular weight is 268 g/mol. The zero-order valence-electron chi connectivity index (χ0n) is 10.8. The molecule has 0 saturated carbocycles. The van der Waals surface area contributed by atoms with Crippen molar-refractivity contribution in [3.05, 3.63) is 34.7 Å². The molecule has 2 N–H and O–H groups in total. The van der Waals surface area contributed by atoms with E-state index in [9.17, 15) is 8.78 Å². The fourth-order valence-corrected chi connectivity index (χ4v) is 1.69. The molecule has 2 rings (SSSR count). The number of aromatic nitrogens is 2. The lowest BCUT2D eigenvalue weighted by atomic mass is 10.2. The van der Waals surface area contributed by atoms with Crippen molar-refractivity contribution in [2.45, 2.75) is 20.4 Å². The predicted molar refractivity (Wildman–Crippen MR) is 67.0 cm³/mol. The molecule has 0 aliphatic carbocycles. The molecule has 2 aromatic heterocycles. The van der Waals surface area contributed by atoms with E-state index >= 15 is 0 Å². The third-order valence-electron chi connectivity index (χ3n) is 2.78. The van der Waals surface area contributed by atoms with Crippen molar-refractivity contribution in [2.24, 2.45) is 0 Å². The molecule has 5 nitrogen and oxygen atoms in total. The molecule has 0 amide bonds. The molecular formula is C12H14F2N4O. The van der Waals surface area contributed by atoms with Gasteiger partial charge < -0.3 is 15.2 Å². The maximum Gasteiger partial charge on any atom is 0.168 e. The number of hydrogen-bond acceptors (Lipinski definition) is 5. The summed E-state index contributed by atoms with van der Waals surface area (Å²) in [5.74, 6) is -0.860. The minimum absolute atomic E-state index is 0.0114. The number of halogens is 2. The molecule has 0 fully saturated rings. The Morgan fingerprint density at radius 2 is 1.89 bits per heavy atom. The number of aryl methyl sites for hydroxylation is 2. The monoisotopic (exact) mass is 268 g/mol. The Balaban J connectivity index is 2.20. The molecule has 0 radical (unpaired) electrons. The van der Waals surface area contributed by atoms with Crippen LogP contribution in [0.25, 0.3) is 0 Å². The first-order chi connectivity index (χ1) is 9.02. The van der Waals surface area contributed by atoms with Crippen LogP contribution in [0, 0.1) is 25.5 Å². The van der Waals surface area contributed by atoms with Crippen LogP contribution in [0.3, 0.4) is 0 Å². The van der Waals surface area contributed by atoms with Crippen molar-refractivity contribution in [1.82, 2.24) is 10.1 Å². The van der Waals surface area contributed by atoms with E-state index in [1.165, 1.54) is 7.05 Å². The lowest BCUT2D eigenvalue weighted by Crippen LogP contribution is -2.08. The van der Waals surface area contributed by atoms with Crippen molar-refractivity contribution in [3.63, 3.8) is 0 Å². The van der Waals surface area contributed by atoms with Crippen molar-refractivity contribution in [1.29, 1.82) is 0 Å². The normalized spacial score (nSPS) is 10.6. The highest BCUT2D eigenvalue weighted by Gasteiger charge is 2.13. The maximum atomic E-state index is 13.6. The van der Waals surface area contributed by atoms with Crippen molar-refractivity contribution in [3.8, 4) is 0 Å². The fraction of sp³-hybridized carbons (Fsp3) is 0.333. The molecule has 0 spiro atoms. The summed E-state index contributed by atoms with van der Waals surface area (Å²) >= 11 is 0. The second kappa shape index (κ2) is 5.21. The van der Waals surface area contributed by atoms with E-state index in [1.807, 2.05) is 0 Å². The number of nitrogens with one attached hydrogen (secondary N) is 2. The molecule has 7 heteroatoms. The van der Waals surface area contributed by atoms with Gasteiger partial charge in [-0.2, -0.15) is 0 Å². The molecule has 2 aromatic rings. The first-order valence-corrected chi connectivity index (χ1v) is 5.72. The number of pyridine rings is 1. The largest absolute Gasteiger partial charge is 0.371 e. The summed E-state index contributed by atoms with van der Waals surface area (Å²) < 4.78 is 31.8. The van der Waals surface area contributed by atoms with Gasteiger partial charge in [0, 0.05) is 25.2 Å². The van der Waals surface area contributed by atoms with E-state index < -0.39 is 11.6 Å². The Morgan fingerprint density at radius 3 is 2.47 bits per heavy atom. The Bertz CT molecular complexity index is 578. The maximum absolute atomic E-state index is 13.6. The van der Waals surface area contributed by atoms with Gasteiger partial charge in [-0.05, 0) is 13.8 Å². The van der Waals surface area contributed by atoms with Crippen LogP contribution < -0.4 is 10.6 Å². The highest BCUT2D eigenvalue weighted by Crippen LogP contribution is 2.20. The van der Waals surface area contributed by atoms with Gasteiger partial charge >= 0.3 is 0 Å². The molecule has 102 valence electrons. The van der Waals surface area contributed by atoms with Crippen LogP contribution in [0.1, 0.15) is 17.0 Å². The summed E-state index contributed by atoms with van der Waals surface area (Å²) in [5.41, 5.74) is 1.55. The molecule has 0 unspecified atom stereocenters. The zero-order chi connectivity index (χ0) is 14.0. The third kappa shape index (κ3) is 2.64. The van der Waals surface area contributed by atoms with Crippen LogP contribution in [0.15, 0.2) is 10.6 Å². The minimum Gasteiger partial charge on any atom is -0.371 e. The van der Waals surface area contributed by atoms with E-state index in [1.54, 1.807) is 13.8 Å². The van der Waals surface area contributed by atoms with Crippen LogP contribution in [0.5, 0.6) is 0 Å². The standard InChI is InChI=1S/C12H14F2N4O/c1-6-8(7(2)19-18-6)5-16-12-10(14)4-9(13)11(15-3)17-12/h4H,5H2,1-3H3,(H2,15,16,17). The van der Waals surface area contributed by atoms with Crippen molar-refractivity contribution in [2.75, 3.05) is 17.7 Å². The Hall–Kier alpha value is -2.18. The topological polar surface area (TPSA) is 63.0 Å². The summed E-state index contributed by atoms with van der Waals surface area (Å²) in [6.07, 6.45) is 0. The Morgan fingerprint density at radius 1 is 1.21 bits per heavy atom. The molecule has 0 aromatic carbocycles. The first kappa shape index (κ1) is 13.3. The highest BCUT2D eigenvalue weighted by atomic mass is 19.1. The molecule has 0 aliphatic heterocycles. The number of rotatable bonds is 4. The van der Waals surface area contributed by atoms with Gasteiger partial charge in [0.25, 0.3) is 0 Å². The summed E-state index contributed by atoms with van der Waals surface area (Å²) in [6.45, 7) is 3.87. The zero-order valence-corrected chi connectivity index (χ0v) is 10.8. The number of anilines is 2. The van der Waals surface area contributed by atoms with E-state index in [0.29, 0.717) is 12.3 Å². The first-order valence-electron chi connectivity index (χ1n) is 5.72. The summed E-state index contributed by atoms with van der Waals surface area (Å²) in [5, 5.41) is 9.16. The van der Waals surface area contributed by atoms with Gasteiger partial charge in [-0.3, -0.25) is 0 Å². The Labute approximate surface area is 109 Å². The van der Waals surface area contributed by atoms with Crippen LogP contribution in [0.2, 0.25) is 0 Å². The second-order valence-corrected chi connectivity index (χ2v) is 4.06. The van der Waals surface area contributed by atoms with E-state index in [2.05, 4.69) is 20.8 Å². The van der Waals surface area contributed by atoms with Crippen LogP contribution in [0.4, 0.5) is 20.4 Å². The van der Waals surface area contributed by atoms with Gasteiger partial charge in [-0.1, -0.05) is 5.16 Å². The predicted octanol–water partition coefficient (Wildman–Crippen LogP) is 2.62. The van der Waals surface area contributed by atoms with Gasteiger partial charge in [-0.25, -0.2) is 13.8 Å². The van der Waals surface area contributed by atoms with Gasteiger partial charge in [0.2, 0.25) is 0 Å². The SMILES string of the molecule is CNc1nc(NCc2c(C)noc2C)c(F)cc1F. The molecule has 19 heavy (non-hydrogen) atoms. The average Bonchev–Trinajstić information content (AvgIpc) is 2.68. The van der Waals surface area contributed by atoms with Gasteiger partial charge in [-0.15, -0.1) is 0 Å². The molecular weight excluding hydrogens is 254 g/mol. The molecule has 2 heterocycles. The lowest BCUT2D eigenvalue weighted by molar-refractivity contribution is 0.392. The lowest BCUT2D eigenvalue weighted by Gasteiger charge is -2.09. The third-order valence-corrected chi connectivity index (χ3v) is 2.78. The second-order valence-electron chi connectivity index (χ2n) is 4.06. The van der Waals surface area contributed by atoms with Gasteiger partial charge in [0.05, 0.1) is 5.69 Å². The fourth-order valence-electron chi connectivity index (χ4n) is 1.69. The van der Waals surface area contributed by atoms with Crippen molar-refractivity contribution < 1.29 is 13.3 Å². The van der Waals surface area contributed by atoms with Gasteiger partial charge in [0.1, 0.15) is 5.76 Å². The van der Waals surface area contributed by atoms with Crippen LogP contribution in [-0.4, -0.2) is 17.2 Å². The van der Waals surface area contributed by atoms with Crippen molar-refractivity contribution >= 4 is 11.6 Å². The highest BCUT2D eigenvalue weighted by molar-refractivity contribution is 5.47. The Kier molecular flexibility index (Phi) is 3.64. The van der Waals surface area contributed by atoms with Gasteiger partial charge in [0.15, 0.2) is 23.3 Å². The molecule has 0 atom stereocenters. The molecule has 0 aliphatic rings. The summed E-state index contributed by atoms with van der Waals surface area (Å²) in [4.78, 5) is 3.83. The minimum atomic E-state index is -0.747. The van der Waals surface area contributed by atoms with E-state index in [4.69, 9.17) is 4.52 Å².